The molecule has 116 valence electrons. The molecule has 0 atom stereocenters. The minimum absolute atomic E-state index is 0.0476. The third kappa shape index (κ3) is 5.94. The van der Waals surface area contributed by atoms with Crippen LogP contribution in [-0.2, 0) is 11.3 Å². The highest BCUT2D eigenvalue weighted by atomic mass is 35.5. The van der Waals surface area contributed by atoms with Crippen molar-refractivity contribution in [2.24, 2.45) is 0 Å². The zero-order valence-corrected chi connectivity index (χ0v) is 13.4. The van der Waals surface area contributed by atoms with Crippen molar-refractivity contribution in [1.29, 1.82) is 0 Å². The molecule has 0 heterocycles. The van der Waals surface area contributed by atoms with Gasteiger partial charge < -0.3 is 15.4 Å². The van der Waals surface area contributed by atoms with Gasteiger partial charge in [-0.2, -0.15) is 0 Å². The van der Waals surface area contributed by atoms with Crippen molar-refractivity contribution in [2.45, 2.75) is 51.7 Å². The van der Waals surface area contributed by atoms with Crippen LogP contribution < -0.4 is 15.4 Å². The van der Waals surface area contributed by atoms with E-state index in [-0.39, 0.29) is 5.91 Å². The number of amides is 1. The number of nitrogens with one attached hydrogen (secondary N) is 2. The first-order valence-electron chi connectivity index (χ1n) is 7.48. The zero-order valence-electron chi connectivity index (χ0n) is 12.6. The molecule has 1 aliphatic rings. The van der Waals surface area contributed by atoms with Gasteiger partial charge in [-0.25, -0.2) is 0 Å². The van der Waals surface area contributed by atoms with Crippen LogP contribution >= 0.6 is 11.6 Å². The number of benzene rings is 1. The number of rotatable bonds is 8. The van der Waals surface area contributed by atoms with Gasteiger partial charge in [-0.15, -0.1) is 0 Å². The smallest absolute Gasteiger partial charge is 0.223 e. The Morgan fingerprint density at radius 1 is 1.43 bits per heavy atom. The van der Waals surface area contributed by atoms with Crippen molar-refractivity contribution in [3.05, 3.63) is 28.8 Å². The number of hydrogen-bond acceptors (Lipinski definition) is 3. The van der Waals surface area contributed by atoms with Gasteiger partial charge in [-0.1, -0.05) is 31.5 Å². The molecule has 21 heavy (non-hydrogen) atoms. The van der Waals surface area contributed by atoms with Crippen LogP contribution in [0.25, 0.3) is 0 Å². The molecule has 0 aromatic heterocycles. The van der Waals surface area contributed by atoms with Crippen LogP contribution in [0.4, 0.5) is 0 Å². The third-order valence-corrected chi connectivity index (χ3v) is 3.54. The van der Waals surface area contributed by atoms with Gasteiger partial charge in [0.2, 0.25) is 5.91 Å². The minimum Gasteiger partial charge on any atom is -0.491 e. The summed E-state index contributed by atoms with van der Waals surface area (Å²) in [5, 5.41) is 6.85. The first-order chi connectivity index (χ1) is 10.0. The Kier molecular flexibility index (Phi) is 5.88. The fraction of sp³-hybridized carbons (Fsp3) is 0.562. The molecule has 1 amide bonds. The number of ether oxygens (including phenoxy) is 1. The fourth-order valence-corrected chi connectivity index (χ4v) is 2.13. The Hall–Kier alpha value is -1.26. The Morgan fingerprint density at radius 2 is 2.19 bits per heavy atom. The van der Waals surface area contributed by atoms with Gasteiger partial charge in [0, 0.05) is 18.6 Å². The van der Waals surface area contributed by atoms with Gasteiger partial charge >= 0.3 is 0 Å². The summed E-state index contributed by atoms with van der Waals surface area (Å²) in [5.74, 6) is 0.676. The summed E-state index contributed by atoms with van der Waals surface area (Å²) in [6.45, 7) is 5.33. The maximum atomic E-state index is 11.5. The van der Waals surface area contributed by atoms with E-state index < -0.39 is 0 Å². The van der Waals surface area contributed by atoms with Crippen molar-refractivity contribution < 1.29 is 9.53 Å². The number of carbonyl (C=O) groups is 1. The monoisotopic (exact) mass is 310 g/mol. The van der Waals surface area contributed by atoms with E-state index in [1.54, 1.807) is 0 Å². The Balaban J connectivity index is 1.75. The summed E-state index contributed by atoms with van der Waals surface area (Å²) in [4.78, 5) is 11.5. The van der Waals surface area contributed by atoms with Gasteiger partial charge in [0.25, 0.3) is 0 Å². The van der Waals surface area contributed by atoms with Gasteiger partial charge in [0.1, 0.15) is 5.75 Å². The van der Waals surface area contributed by atoms with Crippen LogP contribution in [0, 0.1) is 0 Å². The van der Waals surface area contributed by atoms with Crippen molar-refractivity contribution >= 4 is 17.5 Å². The van der Waals surface area contributed by atoms with Crippen molar-refractivity contribution in [2.75, 3.05) is 6.61 Å². The lowest BCUT2D eigenvalue weighted by molar-refractivity contribution is -0.121. The average molecular weight is 311 g/mol. The van der Waals surface area contributed by atoms with E-state index in [2.05, 4.69) is 24.5 Å². The maximum Gasteiger partial charge on any atom is 0.223 e. The molecule has 0 unspecified atom stereocenters. The molecule has 1 aromatic carbocycles. The summed E-state index contributed by atoms with van der Waals surface area (Å²) in [5.41, 5.74) is 1.12. The average Bonchev–Trinajstić information content (AvgIpc) is 3.22. The van der Waals surface area contributed by atoms with Crippen LogP contribution in [0.5, 0.6) is 5.75 Å². The lowest BCUT2D eigenvalue weighted by Gasteiger charge is -2.11. The molecule has 2 N–H and O–H groups in total. The van der Waals surface area contributed by atoms with Gasteiger partial charge in [-0.05, 0) is 30.5 Å². The van der Waals surface area contributed by atoms with Crippen LogP contribution in [0.3, 0.4) is 0 Å². The topological polar surface area (TPSA) is 50.4 Å². The second-order valence-corrected chi connectivity index (χ2v) is 6.15. The molecule has 5 heteroatoms. The predicted molar refractivity (Wildman–Crippen MR) is 84.7 cm³/mol. The number of hydrogen-bond donors (Lipinski definition) is 2. The van der Waals surface area contributed by atoms with Crippen LogP contribution in [0.1, 0.15) is 38.7 Å². The van der Waals surface area contributed by atoms with E-state index in [1.807, 2.05) is 18.2 Å². The maximum absolute atomic E-state index is 11.5. The van der Waals surface area contributed by atoms with Gasteiger partial charge in [0.15, 0.2) is 0 Å². The standard InChI is InChI=1S/C16H23ClN2O2/c1-11(2)18-10-12-3-6-15(14(17)9-12)21-8-7-16(20)19-13-4-5-13/h3,6,9,11,13,18H,4-5,7-8,10H2,1-2H3,(H,19,20). The van der Waals surface area contributed by atoms with Crippen molar-refractivity contribution in [3.63, 3.8) is 0 Å². The summed E-state index contributed by atoms with van der Waals surface area (Å²) < 4.78 is 5.58. The zero-order chi connectivity index (χ0) is 15.2. The first-order valence-corrected chi connectivity index (χ1v) is 7.86. The third-order valence-electron chi connectivity index (χ3n) is 3.24. The molecule has 0 saturated heterocycles. The minimum atomic E-state index is 0.0476. The molecule has 0 radical (unpaired) electrons. The van der Waals surface area contributed by atoms with E-state index in [0.717, 1.165) is 24.9 Å². The van der Waals surface area contributed by atoms with Crippen LogP contribution in [0.15, 0.2) is 18.2 Å². The SMILES string of the molecule is CC(C)NCc1ccc(OCCC(=O)NC2CC2)c(Cl)c1. The van der Waals surface area contributed by atoms with Crippen molar-refractivity contribution in [3.8, 4) is 5.75 Å². The molecular formula is C16H23ClN2O2. The quantitative estimate of drug-likeness (QED) is 0.776. The Morgan fingerprint density at radius 3 is 2.81 bits per heavy atom. The second-order valence-electron chi connectivity index (χ2n) is 5.74. The molecule has 1 fully saturated rings. The molecular weight excluding hydrogens is 288 g/mol. The fourth-order valence-electron chi connectivity index (χ4n) is 1.87. The largest absolute Gasteiger partial charge is 0.491 e. The summed E-state index contributed by atoms with van der Waals surface area (Å²) in [7, 11) is 0. The van der Waals surface area contributed by atoms with Crippen molar-refractivity contribution in [1.82, 2.24) is 10.6 Å². The van der Waals surface area contributed by atoms with Crippen LogP contribution in [-0.4, -0.2) is 24.6 Å². The number of halogens is 1. The molecule has 0 aliphatic heterocycles. The van der Waals surface area contributed by atoms with Gasteiger partial charge in [-0.3, -0.25) is 4.79 Å². The normalized spacial score (nSPS) is 14.3. The molecule has 0 bridgehead atoms. The number of carbonyl (C=O) groups excluding carboxylic acids is 1. The molecule has 4 nitrogen and oxygen atoms in total. The highest BCUT2D eigenvalue weighted by Gasteiger charge is 2.22. The summed E-state index contributed by atoms with van der Waals surface area (Å²) in [6.07, 6.45) is 2.57. The Labute approximate surface area is 131 Å². The Bertz CT molecular complexity index is 487. The summed E-state index contributed by atoms with van der Waals surface area (Å²) >= 11 is 6.20. The summed E-state index contributed by atoms with van der Waals surface area (Å²) in [6, 6.07) is 6.58. The molecule has 0 spiro atoms. The molecule has 1 saturated carbocycles. The highest BCUT2D eigenvalue weighted by molar-refractivity contribution is 6.32. The van der Waals surface area contributed by atoms with E-state index in [1.165, 1.54) is 0 Å². The van der Waals surface area contributed by atoms with E-state index in [4.69, 9.17) is 16.3 Å². The second kappa shape index (κ2) is 7.66. The highest BCUT2D eigenvalue weighted by Crippen LogP contribution is 2.25. The predicted octanol–water partition coefficient (Wildman–Crippen LogP) is 2.89. The van der Waals surface area contributed by atoms with E-state index in [9.17, 15) is 4.79 Å². The van der Waals surface area contributed by atoms with E-state index in [0.29, 0.717) is 35.9 Å². The lowest BCUT2D eigenvalue weighted by atomic mass is 10.2. The van der Waals surface area contributed by atoms with Gasteiger partial charge in [0.05, 0.1) is 18.1 Å². The van der Waals surface area contributed by atoms with Crippen LogP contribution in [0.2, 0.25) is 5.02 Å². The lowest BCUT2D eigenvalue weighted by Crippen LogP contribution is -2.26. The molecule has 2 rings (SSSR count). The molecule has 1 aromatic rings. The first kappa shape index (κ1) is 16.1. The molecule has 1 aliphatic carbocycles. The van der Waals surface area contributed by atoms with E-state index >= 15 is 0 Å².